The van der Waals surface area contributed by atoms with Gasteiger partial charge in [0.1, 0.15) is 0 Å². The molecule has 0 unspecified atom stereocenters. The van der Waals surface area contributed by atoms with Crippen molar-refractivity contribution in [1.29, 1.82) is 0 Å². The van der Waals surface area contributed by atoms with Crippen molar-refractivity contribution in [2.75, 3.05) is 25.0 Å². The second-order valence-electron chi connectivity index (χ2n) is 4.45. The van der Waals surface area contributed by atoms with Gasteiger partial charge in [0.15, 0.2) is 0 Å². The van der Waals surface area contributed by atoms with Gasteiger partial charge in [0.25, 0.3) is 0 Å². The molecule has 0 aromatic heterocycles. The van der Waals surface area contributed by atoms with E-state index >= 15 is 0 Å². The lowest BCUT2D eigenvalue weighted by Crippen LogP contribution is -2.41. The van der Waals surface area contributed by atoms with E-state index in [0.29, 0.717) is 6.61 Å². The number of rotatable bonds is 9. The highest BCUT2D eigenvalue weighted by atomic mass is 79.9. The maximum absolute atomic E-state index is 8.86. The molecule has 1 fully saturated rings. The molecule has 0 aromatic rings. The molecular formula is C12H24BrNO. The highest BCUT2D eigenvalue weighted by molar-refractivity contribution is 9.09. The minimum absolute atomic E-state index is 0.338. The molecule has 90 valence electrons. The van der Waals surface area contributed by atoms with Crippen LogP contribution in [0.4, 0.5) is 0 Å². The van der Waals surface area contributed by atoms with Crippen LogP contribution in [-0.4, -0.2) is 41.1 Å². The summed E-state index contributed by atoms with van der Waals surface area (Å²) >= 11 is 3.47. The second kappa shape index (κ2) is 8.54. The van der Waals surface area contributed by atoms with Crippen LogP contribution >= 0.6 is 15.9 Å². The molecule has 0 aliphatic heterocycles. The number of alkyl halides is 1. The quantitative estimate of drug-likeness (QED) is 0.518. The molecule has 0 bridgehead atoms. The SMILES string of the molecule is OCCCN(CCCCCBr)C1CCC1. The fraction of sp³-hybridized carbons (Fsp3) is 1.00. The van der Waals surface area contributed by atoms with Crippen molar-refractivity contribution in [3.8, 4) is 0 Å². The third kappa shape index (κ3) is 5.32. The topological polar surface area (TPSA) is 23.5 Å². The van der Waals surface area contributed by atoms with Crippen LogP contribution < -0.4 is 0 Å². The molecule has 0 amide bonds. The van der Waals surface area contributed by atoms with E-state index in [2.05, 4.69) is 20.8 Å². The summed E-state index contributed by atoms with van der Waals surface area (Å²) < 4.78 is 0. The number of nitrogens with zero attached hydrogens (tertiary/aromatic N) is 1. The average molecular weight is 278 g/mol. The summed E-state index contributed by atoms with van der Waals surface area (Å²) in [6.45, 7) is 2.66. The van der Waals surface area contributed by atoms with Crippen LogP contribution in [0.2, 0.25) is 0 Å². The van der Waals surface area contributed by atoms with E-state index in [1.165, 1.54) is 45.1 Å². The summed E-state index contributed by atoms with van der Waals surface area (Å²) in [4.78, 5) is 2.59. The molecule has 1 saturated carbocycles. The van der Waals surface area contributed by atoms with Gasteiger partial charge < -0.3 is 10.0 Å². The van der Waals surface area contributed by atoms with Gasteiger partial charge in [-0.05, 0) is 38.6 Å². The molecule has 1 aliphatic rings. The lowest BCUT2D eigenvalue weighted by molar-refractivity contribution is 0.114. The molecule has 0 aromatic carbocycles. The number of aliphatic hydroxyl groups excluding tert-OH is 1. The van der Waals surface area contributed by atoms with E-state index in [0.717, 1.165) is 24.3 Å². The van der Waals surface area contributed by atoms with E-state index in [-0.39, 0.29) is 0 Å². The van der Waals surface area contributed by atoms with Crippen molar-refractivity contribution in [2.45, 2.75) is 51.0 Å². The number of hydrogen-bond acceptors (Lipinski definition) is 2. The standard InChI is InChI=1S/C12H24BrNO/c13-8-2-1-3-9-14(10-5-11-15)12-6-4-7-12/h12,15H,1-11H2. The monoisotopic (exact) mass is 277 g/mol. The Morgan fingerprint density at radius 1 is 1.07 bits per heavy atom. The molecule has 0 atom stereocenters. The highest BCUT2D eigenvalue weighted by Crippen LogP contribution is 2.25. The summed E-state index contributed by atoms with van der Waals surface area (Å²) in [5.74, 6) is 0. The summed E-state index contributed by atoms with van der Waals surface area (Å²) in [5, 5.41) is 10.00. The van der Waals surface area contributed by atoms with Crippen LogP contribution in [0.1, 0.15) is 44.9 Å². The van der Waals surface area contributed by atoms with Crippen molar-refractivity contribution < 1.29 is 5.11 Å². The Hall–Kier alpha value is 0.400. The first-order valence-corrected chi connectivity index (χ1v) is 7.41. The molecule has 1 rings (SSSR count). The number of unbranched alkanes of at least 4 members (excludes halogenated alkanes) is 2. The first kappa shape index (κ1) is 13.5. The van der Waals surface area contributed by atoms with E-state index in [9.17, 15) is 0 Å². The van der Waals surface area contributed by atoms with E-state index < -0.39 is 0 Å². The van der Waals surface area contributed by atoms with Crippen molar-refractivity contribution >= 4 is 15.9 Å². The van der Waals surface area contributed by atoms with Crippen LogP contribution in [0.3, 0.4) is 0 Å². The maximum atomic E-state index is 8.86. The van der Waals surface area contributed by atoms with E-state index in [1.807, 2.05) is 0 Å². The molecule has 0 heterocycles. The zero-order valence-electron chi connectivity index (χ0n) is 9.63. The van der Waals surface area contributed by atoms with Crippen LogP contribution in [-0.2, 0) is 0 Å². The minimum Gasteiger partial charge on any atom is -0.396 e. The summed E-state index contributed by atoms with van der Waals surface area (Å²) in [7, 11) is 0. The minimum atomic E-state index is 0.338. The van der Waals surface area contributed by atoms with Crippen molar-refractivity contribution in [2.24, 2.45) is 0 Å². The molecule has 0 saturated heterocycles. The Morgan fingerprint density at radius 3 is 2.33 bits per heavy atom. The predicted octanol–water partition coefficient (Wildman–Crippen LogP) is 2.79. The van der Waals surface area contributed by atoms with Gasteiger partial charge in [-0.2, -0.15) is 0 Å². The Bertz CT molecular complexity index is 151. The third-order valence-corrected chi connectivity index (χ3v) is 3.83. The van der Waals surface area contributed by atoms with Crippen molar-refractivity contribution in [3.63, 3.8) is 0 Å². The van der Waals surface area contributed by atoms with E-state index in [1.54, 1.807) is 0 Å². The zero-order valence-corrected chi connectivity index (χ0v) is 11.2. The Labute approximate surface area is 102 Å². The van der Waals surface area contributed by atoms with Crippen molar-refractivity contribution in [1.82, 2.24) is 4.90 Å². The Kier molecular flexibility index (Phi) is 7.67. The zero-order chi connectivity index (χ0) is 10.9. The first-order chi connectivity index (χ1) is 7.38. The normalized spacial score (nSPS) is 17.0. The van der Waals surface area contributed by atoms with Crippen LogP contribution in [0.5, 0.6) is 0 Å². The number of aliphatic hydroxyl groups is 1. The van der Waals surface area contributed by atoms with Crippen LogP contribution in [0, 0.1) is 0 Å². The largest absolute Gasteiger partial charge is 0.396 e. The molecule has 0 spiro atoms. The van der Waals surface area contributed by atoms with Gasteiger partial charge in [-0.15, -0.1) is 0 Å². The fourth-order valence-corrected chi connectivity index (χ4v) is 2.49. The predicted molar refractivity (Wildman–Crippen MR) is 68.6 cm³/mol. The highest BCUT2D eigenvalue weighted by Gasteiger charge is 2.23. The Morgan fingerprint density at radius 2 is 1.80 bits per heavy atom. The molecule has 2 nitrogen and oxygen atoms in total. The van der Waals surface area contributed by atoms with Crippen LogP contribution in [0.15, 0.2) is 0 Å². The fourth-order valence-electron chi connectivity index (χ4n) is 2.09. The van der Waals surface area contributed by atoms with Gasteiger partial charge in [0, 0.05) is 24.5 Å². The summed E-state index contributed by atoms with van der Waals surface area (Å²) in [6.07, 6.45) is 9.03. The smallest absolute Gasteiger partial charge is 0.0443 e. The maximum Gasteiger partial charge on any atom is 0.0443 e. The second-order valence-corrected chi connectivity index (χ2v) is 5.24. The number of halogens is 1. The third-order valence-electron chi connectivity index (χ3n) is 3.27. The van der Waals surface area contributed by atoms with Gasteiger partial charge >= 0.3 is 0 Å². The van der Waals surface area contributed by atoms with Gasteiger partial charge in [0.2, 0.25) is 0 Å². The lowest BCUT2D eigenvalue weighted by Gasteiger charge is -2.37. The van der Waals surface area contributed by atoms with Gasteiger partial charge in [-0.1, -0.05) is 28.8 Å². The van der Waals surface area contributed by atoms with Gasteiger partial charge in [0.05, 0.1) is 0 Å². The first-order valence-electron chi connectivity index (χ1n) is 6.29. The Balaban J connectivity index is 2.10. The molecule has 1 aliphatic carbocycles. The molecular weight excluding hydrogens is 254 g/mol. The number of hydrogen-bond donors (Lipinski definition) is 1. The molecule has 15 heavy (non-hydrogen) atoms. The molecule has 0 radical (unpaired) electrons. The molecule has 1 N–H and O–H groups in total. The molecule has 3 heteroatoms. The van der Waals surface area contributed by atoms with Gasteiger partial charge in [-0.25, -0.2) is 0 Å². The average Bonchev–Trinajstić information content (AvgIpc) is 2.17. The van der Waals surface area contributed by atoms with Crippen LogP contribution in [0.25, 0.3) is 0 Å². The summed E-state index contributed by atoms with van der Waals surface area (Å²) in [5.41, 5.74) is 0. The van der Waals surface area contributed by atoms with Crippen molar-refractivity contribution in [3.05, 3.63) is 0 Å². The van der Waals surface area contributed by atoms with E-state index in [4.69, 9.17) is 5.11 Å². The van der Waals surface area contributed by atoms with Gasteiger partial charge in [-0.3, -0.25) is 0 Å². The summed E-state index contributed by atoms with van der Waals surface area (Å²) in [6, 6.07) is 0.834. The lowest BCUT2D eigenvalue weighted by atomic mass is 9.91.